The Morgan fingerprint density at radius 2 is 1.93 bits per heavy atom. The molecule has 0 bridgehead atoms. The molecule has 4 nitrogen and oxygen atoms in total. The highest BCUT2D eigenvalue weighted by Crippen LogP contribution is 2.17. The molecule has 0 radical (unpaired) electrons. The standard InChI is InChI=1S/C9H8N2O2S/c12-14(13)8-3-1-7(2-4-8)9-5-6-10-11-9/h1-6H,(H,10,11)(H,12,13). The zero-order chi connectivity index (χ0) is 9.97. The fourth-order valence-electron chi connectivity index (χ4n) is 1.17. The van der Waals surface area contributed by atoms with E-state index in [2.05, 4.69) is 10.2 Å². The van der Waals surface area contributed by atoms with E-state index in [0.29, 0.717) is 4.90 Å². The van der Waals surface area contributed by atoms with Crippen molar-refractivity contribution in [2.75, 3.05) is 0 Å². The summed E-state index contributed by atoms with van der Waals surface area (Å²) in [5, 5.41) is 6.64. The van der Waals surface area contributed by atoms with Crippen LogP contribution in [0.15, 0.2) is 41.4 Å². The van der Waals surface area contributed by atoms with E-state index < -0.39 is 11.1 Å². The second-order valence-electron chi connectivity index (χ2n) is 2.74. The van der Waals surface area contributed by atoms with Gasteiger partial charge in [0, 0.05) is 6.20 Å². The number of nitrogens with one attached hydrogen (secondary N) is 1. The smallest absolute Gasteiger partial charge is 0.186 e. The summed E-state index contributed by atoms with van der Waals surface area (Å²) in [6.07, 6.45) is 1.66. The number of benzene rings is 1. The maximum absolute atomic E-state index is 10.7. The van der Waals surface area contributed by atoms with Crippen LogP contribution < -0.4 is 0 Å². The van der Waals surface area contributed by atoms with Gasteiger partial charge in [-0.2, -0.15) is 5.10 Å². The summed E-state index contributed by atoms with van der Waals surface area (Å²) in [6.45, 7) is 0. The molecule has 0 aliphatic rings. The van der Waals surface area contributed by atoms with Crippen LogP contribution in [-0.4, -0.2) is 19.0 Å². The first kappa shape index (κ1) is 9.11. The van der Waals surface area contributed by atoms with Crippen LogP contribution in [0.1, 0.15) is 0 Å². The Morgan fingerprint density at radius 3 is 2.43 bits per heavy atom. The van der Waals surface area contributed by atoms with Crippen LogP contribution in [0, 0.1) is 0 Å². The molecule has 2 rings (SSSR count). The normalized spacial score (nSPS) is 12.6. The molecule has 72 valence electrons. The Balaban J connectivity index is 2.36. The van der Waals surface area contributed by atoms with Crippen molar-refractivity contribution in [3.8, 4) is 11.3 Å². The molecule has 0 amide bonds. The molecule has 0 fully saturated rings. The van der Waals surface area contributed by atoms with Gasteiger partial charge in [-0.1, -0.05) is 12.1 Å². The summed E-state index contributed by atoms with van der Waals surface area (Å²) in [7, 11) is 0. The van der Waals surface area contributed by atoms with E-state index in [4.69, 9.17) is 4.55 Å². The van der Waals surface area contributed by atoms with Gasteiger partial charge in [0.15, 0.2) is 11.1 Å². The molecule has 1 aromatic carbocycles. The van der Waals surface area contributed by atoms with E-state index in [-0.39, 0.29) is 0 Å². The van der Waals surface area contributed by atoms with E-state index in [9.17, 15) is 4.21 Å². The zero-order valence-electron chi connectivity index (χ0n) is 7.18. The SMILES string of the molecule is O=S(O)c1ccc(-c2ccn[nH]2)cc1. The van der Waals surface area contributed by atoms with Gasteiger partial charge in [0.25, 0.3) is 0 Å². The van der Waals surface area contributed by atoms with Gasteiger partial charge in [-0.25, -0.2) is 4.21 Å². The topological polar surface area (TPSA) is 66.0 Å². The van der Waals surface area contributed by atoms with E-state index in [1.54, 1.807) is 30.5 Å². The number of rotatable bonds is 2. The molecule has 1 atom stereocenters. The monoisotopic (exact) mass is 208 g/mol. The fourth-order valence-corrected chi connectivity index (χ4v) is 1.54. The first-order valence-electron chi connectivity index (χ1n) is 3.98. The van der Waals surface area contributed by atoms with Gasteiger partial charge in [0.1, 0.15) is 0 Å². The van der Waals surface area contributed by atoms with E-state index >= 15 is 0 Å². The predicted molar refractivity (Wildman–Crippen MR) is 53.1 cm³/mol. The number of nitrogens with zero attached hydrogens (tertiary/aromatic N) is 1. The van der Waals surface area contributed by atoms with Crippen LogP contribution in [0.25, 0.3) is 11.3 Å². The van der Waals surface area contributed by atoms with Gasteiger partial charge in [0.2, 0.25) is 0 Å². The third kappa shape index (κ3) is 1.73. The molecule has 0 saturated carbocycles. The van der Waals surface area contributed by atoms with E-state index in [1.807, 2.05) is 6.07 Å². The summed E-state index contributed by atoms with van der Waals surface area (Å²) in [4.78, 5) is 0.397. The highest BCUT2D eigenvalue weighted by molar-refractivity contribution is 7.79. The fraction of sp³-hybridized carbons (Fsp3) is 0. The molecule has 14 heavy (non-hydrogen) atoms. The van der Waals surface area contributed by atoms with Gasteiger partial charge in [-0.3, -0.25) is 5.10 Å². The van der Waals surface area contributed by atoms with Crippen LogP contribution in [0.2, 0.25) is 0 Å². The second kappa shape index (κ2) is 3.73. The molecular weight excluding hydrogens is 200 g/mol. The largest absolute Gasteiger partial charge is 0.302 e. The summed E-state index contributed by atoms with van der Waals surface area (Å²) >= 11 is -1.91. The minimum Gasteiger partial charge on any atom is -0.302 e. The number of hydrogen-bond acceptors (Lipinski definition) is 2. The number of hydrogen-bond donors (Lipinski definition) is 2. The minimum absolute atomic E-state index is 0.397. The lowest BCUT2D eigenvalue weighted by molar-refractivity contribution is 0.564. The molecular formula is C9H8N2O2S. The Labute approximate surface area is 83.3 Å². The average Bonchev–Trinajstić information content (AvgIpc) is 2.71. The molecule has 0 aliphatic carbocycles. The predicted octanol–water partition coefficient (Wildman–Crippen LogP) is 1.66. The van der Waals surface area contributed by atoms with Gasteiger partial charge in [-0.15, -0.1) is 0 Å². The molecule has 2 N–H and O–H groups in total. The maximum Gasteiger partial charge on any atom is 0.186 e. The van der Waals surface area contributed by atoms with Crippen molar-refractivity contribution < 1.29 is 8.76 Å². The molecule has 1 aromatic heterocycles. The molecule has 0 spiro atoms. The van der Waals surface area contributed by atoms with Crippen molar-refractivity contribution >= 4 is 11.1 Å². The van der Waals surface area contributed by atoms with Gasteiger partial charge >= 0.3 is 0 Å². The summed E-state index contributed by atoms with van der Waals surface area (Å²) in [5.74, 6) is 0. The van der Waals surface area contributed by atoms with Crippen molar-refractivity contribution in [2.45, 2.75) is 4.90 Å². The van der Waals surface area contributed by atoms with Crippen molar-refractivity contribution in [3.63, 3.8) is 0 Å². The number of H-pyrrole nitrogens is 1. The highest BCUT2D eigenvalue weighted by Gasteiger charge is 2.01. The summed E-state index contributed by atoms with van der Waals surface area (Å²) < 4.78 is 19.5. The number of aromatic nitrogens is 2. The molecule has 0 aliphatic heterocycles. The average molecular weight is 208 g/mol. The summed E-state index contributed by atoms with van der Waals surface area (Å²) in [6, 6.07) is 8.62. The van der Waals surface area contributed by atoms with Crippen molar-refractivity contribution in [1.82, 2.24) is 10.2 Å². The zero-order valence-corrected chi connectivity index (χ0v) is 7.99. The Kier molecular flexibility index (Phi) is 2.43. The highest BCUT2D eigenvalue weighted by atomic mass is 32.2. The Bertz CT molecular complexity index is 436. The lowest BCUT2D eigenvalue weighted by Gasteiger charge is -1.98. The third-order valence-corrected chi connectivity index (χ3v) is 2.54. The van der Waals surface area contributed by atoms with Crippen LogP contribution >= 0.6 is 0 Å². The van der Waals surface area contributed by atoms with Crippen molar-refractivity contribution in [2.24, 2.45) is 0 Å². The lowest BCUT2D eigenvalue weighted by Crippen LogP contribution is -1.87. The van der Waals surface area contributed by atoms with Crippen LogP contribution in [0.4, 0.5) is 0 Å². The van der Waals surface area contributed by atoms with Crippen LogP contribution in [-0.2, 0) is 11.1 Å². The molecule has 0 saturated heterocycles. The quantitative estimate of drug-likeness (QED) is 0.737. The molecule has 1 heterocycles. The first-order chi connectivity index (χ1) is 6.77. The van der Waals surface area contributed by atoms with E-state index in [0.717, 1.165) is 11.3 Å². The van der Waals surface area contributed by atoms with Crippen LogP contribution in [0.3, 0.4) is 0 Å². The lowest BCUT2D eigenvalue weighted by atomic mass is 10.2. The van der Waals surface area contributed by atoms with Gasteiger partial charge in [0.05, 0.1) is 10.6 Å². The Morgan fingerprint density at radius 1 is 1.21 bits per heavy atom. The minimum atomic E-state index is -1.91. The third-order valence-electron chi connectivity index (χ3n) is 1.87. The Hall–Kier alpha value is -1.46. The second-order valence-corrected chi connectivity index (χ2v) is 3.71. The van der Waals surface area contributed by atoms with Crippen molar-refractivity contribution in [1.29, 1.82) is 0 Å². The van der Waals surface area contributed by atoms with Gasteiger partial charge < -0.3 is 4.55 Å². The van der Waals surface area contributed by atoms with Crippen LogP contribution in [0.5, 0.6) is 0 Å². The van der Waals surface area contributed by atoms with Crippen molar-refractivity contribution in [3.05, 3.63) is 36.5 Å². The molecule has 1 unspecified atom stereocenters. The van der Waals surface area contributed by atoms with Gasteiger partial charge in [-0.05, 0) is 23.8 Å². The first-order valence-corrected chi connectivity index (χ1v) is 5.09. The maximum atomic E-state index is 10.7. The molecule has 5 heteroatoms. The molecule has 2 aromatic rings. The number of aromatic amines is 1. The summed E-state index contributed by atoms with van der Waals surface area (Å²) in [5.41, 5.74) is 1.83. The van der Waals surface area contributed by atoms with E-state index in [1.165, 1.54) is 0 Å².